The molecule has 1 unspecified atom stereocenters. The summed E-state index contributed by atoms with van der Waals surface area (Å²) in [5, 5.41) is 3.63. The van der Waals surface area contributed by atoms with Gasteiger partial charge in [-0.15, -0.1) is 0 Å². The number of ether oxygens (including phenoxy) is 2. The first-order chi connectivity index (χ1) is 9.74. The van der Waals surface area contributed by atoms with Crippen LogP contribution in [0.4, 0.5) is 5.69 Å². The van der Waals surface area contributed by atoms with E-state index in [1.54, 1.807) is 0 Å². The second kappa shape index (κ2) is 7.41. The minimum Gasteiger partial charge on any atom is -0.494 e. The van der Waals surface area contributed by atoms with Gasteiger partial charge in [0.2, 0.25) is 0 Å². The molecular weight excluding hydrogens is 250 g/mol. The first-order valence-electron chi connectivity index (χ1n) is 7.90. The second-order valence-electron chi connectivity index (χ2n) is 5.50. The summed E-state index contributed by atoms with van der Waals surface area (Å²) in [6, 6.07) is 6.51. The van der Waals surface area contributed by atoms with Crippen LogP contribution in [0.5, 0.6) is 11.5 Å². The molecule has 1 aliphatic carbocycles. The van der Waals surface area contributed by atoms with Crippen LogP contribution in [0.25, 0.3) is 0 Å². The van der Waals surface area contributed by atoms with Crippen molar-refractivity contribution >= 4 is 5.69 Å². The van der Waals surface area contributed by atoms with Crippen molar-refractivity contribution in [1.29, 1.82) is 0 Å². The molecule has 1 fully saturated rings. The molecule has 112 valence electrons. The minimum absolute atomic E-state index is 0.480. The SMILES string of the molecule is CCOc1ccc(OCC)c(NC(C)C2CCCC2)c1. The predicted molar refractivity (Wildman–Crippen MR) is 83.8 cm³/mol. The van der Waals surface area contributed by atoms with Gasteiger partial charge < -0.3 is 14.8 Å². The highest BCUT2D eigenvalue weighted by Crippen LogP contribution is 2.34. The molecule has 1 atom stereocenters. The van der Waals surface area contributed by atoms with Gasteiger partial charge in [-0.3, -0.25) is 0 Å². The lowest BCUT2D eigenvalue weighted by Crippen LogP contribution is -2.24. The van der Waals surface area contributed by atoms with Crippen LogP contribution in [-0.2, 0) is 0 Å². The van der Waals surface area contributed by atoms with E-state index >= 15 is 0 Å². The van der Waals surface area contributed by atoms with Gasteiger partial charge in [0.1, 0.15) is 11.5 Å². The van der Waals surface area contributed by atoms with Gasteiger partial charge in [-0.2, -0.15) is 0 Å². The van der Waals surface area contributed by atoms with Crippen LogP contribution in [0, 0.1) is 5.92 Å². The van der Waals surface area contributed by atoms with E-state index in [4.69, 9.17) is 9.47 Å². The van der Waals surface area contributed by atoms with Crippen LogP contribution in [0.3, 0.4) is 0 Å². The van der Waals surface area contributed by atoms with Crippen LogP contribution in [0.2, 0.25) is 0 Å². The Bertz CT molecular complexity index is 413. The summed E-state index contributed by atoms with van der Waals surface area (Å²) in [4.78, 5) is 0. The van der Waals surface area contributed by atoms with Crippen LogP contribution in [-0.4, -0.2) is 19.3 Å². The Morgan fingerprint density at radius 1 is 1.15 bits per heavy atom. The third-order valence-electron chi connectivity index (χ3n) is 4.05. The van der Waals surface area contributed by atoms with Crippen molar-refractivity contribution in [2.45, 2.75) is 52.5 Å². The topological polar surface area (TPSA) is 30.5 Å². The standard InChI is InChI=1S/C17H27NO2/c1-4-19-15-10-11-17(20-5-2)16(12-15)18-13(3)14-8-6-7-9-14/h10-14,18H,4-9H2,1-3H3. The summed E-state index contributed by atoms with van der Waals surface area (Å²) < 4.78 is 11.3. The number of rotatable bonds is 7. The van der Waals surface area contributed by atoms with Gasteiger partial charge in [0.25, 0.3) is 0 Å². The van der Waals surface area contributed by atoms with Gasteiger partial charge in [0, 0.05) is 12.1 Å². The summed E-state index contributed by atoms with van der Waals surface area (Å²) in [6.45, 7) is 7.66. The molecule has 0 heterocycles. The lowest BCUT2D eigenvalue weighted by atomic mass is 9.99. The van der Waals surface area contributed by atoms with Gasteiger partial charge in [-0.05, 0) is 51.7 Å². The molecule has 1 saturated carbocycles. The fourth-order valence-corrected chi connectivity index (χ4v) is 2.98. The largest absolute Gasteiger partial charge is 0.494 e. The van der Waals surface area contributed by atoms with Gasteiger partial charge >= 0.3 is 0 Å². The first kappa shape index (κ1) is 15.0. The van der Waals surface area contributed by atoms with Crippen molar-refractivity contribution in [3.05, 3.63) is 18.2 Å². The molecule has 0 saturated heterocycles. The fourth-order valence-electron chi connectivity index (χ4n) is 2.98. The Balaban J connectivity index is 2.11. The molecule has 1 N–H and O–H groups in total. The molecule has 0 bridgehead atoms. The van der Waals surface area contributed by atoms with Gasteiger partial charge in [0.05, 0.1) is 18.9 Å². The Kier molecular flexibility index (Phi) is 5.57. The Morgan fingerprint density at radius 3 is 2.50 bits per heavy atom. The van der Waals surface area contributed by atoms with Crippen molar-refractivity contribution in [2.24, 2.45) is 5.92 Å². The van der Waals surface area contributed by atoms with E-state index < -0.39 is 0 Å². The lowest BCUT2D eigenvalue weighted by Gasteiger charge is -2.23. The van der Waals surface area contributed by atoms with E-state index in [2.05, 4.69) is 18.3 Å². The number of nitrogens with one attached hydrogen (secondary N) is 1. The Hall–Kier alpha value is -1.38. The molecule has 1 aliphatic rings. The summed E-state index contributed by atoms with van der Waals surface area (Å²) in [6.07, 6.45) is 5.41. The zero-order chi connectivity index (χ0) is 14.4. The smallest absolute Gasteiger partial charge is 0.142 e. The average Bonchev–Trinajstić information content (AvgIpc) is 2.96. The molecule has 3 heteroatoms. The molecule has 0 aliphatic heterocycles. The molecule has 3 nitrogen and oxygen atoms in total. The number of benzene rings is 1. The van der Waals surface area contributed by atoms with Gasteiger partial charge in [-0.1, -0.05) is 12.8 Å². The molecule has 1 aromatic carbocycles. The minimum atomic E-state index is 0.480. The molecule has 0 radical (unpaired) electrons. The molecule has 0 aromatic heterocycles. The molecule has 0 amide bonds. The molecule has 20 heavy (non-hydrogen) atoms. The van der Waals surface area contributed by atoms with E-state index in [0.29, 0.717) is 19.3 Å². The second-order valence-corrected chi connectivity index (χ2v) is 5.50. The highest BCUT2D eigenvalue weighted by Gasteiger charge is 2.22. The molecule has 2 rings (SSSR count). The normalized spacial score (nSPS) is 16.9. The highest BCUT2D eigenvalue weighted by atomic mass is 16.5. The molecule has 1 aromatic rings. The van der Waals surface area contributed by atoms with Crippen LogP contribution in [0.15, 0.2) is 18.2 Å². The third-order valence-corrected chi connectivity index (χ3v) is 4.05. The summed E-state index contributed by atoms with van der Waals surface area (Å²) >= 11 is 0. The van der Waals surface area contributed by atoms with E-state index in [0.717, 1.165) is 23.1 Å². The lowest BCUT2D eigenvalue weighted by molar-refractivity contribution is 0.331. The maximum atomic E-state index is 5.72. The monoisotopic (exact) mass is 277 g/mol. The van der Waals surface area contributed by atoms with Crippen molar-refractivity contribution in [1.82, 2.24) is 0 Å². The summed E-state index contributed by atoms with van der Waals surface area (Å²) in [5.41, 5.74) is 1.05. The maximum Gasteiger partial charge on any atom is 0.142 e. The molecular formula is C17H27NO2. The number of anilines is 1. The Labute approximate surface area is 122 Å². The zero-order valence-electron chi connectivity index (χ0n) is 12.9. The summed E-state index contributed by atoms with van der Waals surface area (Å²) in [7, 11) is 0. The first-order valence-corrected chi connectivity index (χ1v) is 7.90. The highest BCUT2D eigenvalue weighted by molar-refractivity contribution is 5.60. The third kappa shape index (κ3) is 3.81. The number of hydrogen-bond donors (Lipinski definition) is 1. The molecule has 0 spiro atoms. The van der Waals surface area contributed by atoms with Crippen LogP contribution < -0.4 is 14.8 Å². The summed E-state index contributed by atoms with van der Waals surface area (Å²) in [5.74, 6) is 2.60. The number of hydrogen-bond acceptors (Lipinski definition) is 3. The Morgan fingerprint density at radius 2 is 1.85 bits per heavy atom. The average molecular weight is 277 g/mol. The van der Waals surface area contributed by atoms with Crippen LogP contribution in [0.1, 0.15) is 46.5 Å². The predicted octanol–water partition coefficient (Wildman–Crippen LogP) is 4.47. The van der Waals surface area contributed by atoms with Crippen molar-refractivity contribution < 1.29 is 9.47 Å². The van der Waals surface area contributed by atoms with Gasteiger partial charge in [0.15, 0.2) is 0 Å². The quantitative estimate of drug-likeness (QED) is 0.797. The van der Waals surface area contributed by atoms with E-state index in [-0.39, 0.29) is 0 Å². The zero-order valence-corrected chi connectivity index (χ0v) is 12.9. The maximum absolute atomic E-state index is 5.72. The van der Waals surface area contributed by atoms with Gasteiger partial charge in [-0.25, -0.2) is 0 Å². The van der Waals surface area contributed by atoms with Crippen LogP contribution >= 0.6 is 0 Å². The van der Waals surface area contributed by atoms with Crippen molar-refractivity contribution in [2.75, 3.05) is 18.5 Å². The van der Waals surface area contributed by atoms with Crippen molar-refractivity contribution in [3.8, 4) is 11.5 Å². The van der Waals surface area contributed by atoms with Crippen molar-refractivity contribution in [3.63, 3.8) is 0 Å². The fraction of sp³-hybridized carbons (Fsp3) is 0.647. The van der Waals surface area contributed by atoms with E-state index in [9.17, 15) is 0 Å². The van der Waals surface area contributed by atoms with E-state index in [1.165, 1.54) is 25.7 Å². The van der Waals surface area contributed by atoms with E-state index in [1.807, 2.05) is 26.0 Å².